The molecular weight excluding hydrogens is 476 g/mol. The van der Waals surface area contributed by atoms with E-state index >= 15 is 0 Å². The molecule has 0 unspecified atom stereocenters. The van der Waals surface area contributed by atoms with Crippen LogP contribution >= 0.6 is 0 Å². The van der Waals surface area contributed by atoms with Crippen LogP contribution in [0.4, 0.5) is 5.69 Å². The molecule has 0 N–H and O–H groups in total. The third-order valence-corrected chi connectivity index (χ3v) is 7.83. The summed E-state index contributed by atoms with van der Waals surface area (Å²) >= 11 is 0. The molecular formula is C27H28N4O4S. The molecule has 8 nitrogen and oxygen atoms in total. The Morgan fingerprint density at radius 2 is 1.39 bits per heavy atom. The van der Waals surface area contributed by atoms with Crippen LogP contribution in [0.1, 0.15) is 11.3 Å². The highest BCUT2D eigenvalue weighted by atomic mass is 32.2. The van der Waals surface area contributed by atoms with Crippen LogP contribution in [0.25, 0.3) is 5.69 Å². The van der Waals surface area contributed by atoms with Gasteiger partial charge in [0.1, 0.15) is 12.2 Å². The van der Waals surface area contributed by atoms with Gasteiger partial charge in [-0.25, -0.2) is 17.4 Å². The van der Waals surface area contributed by atoms with Gasteiger partial charge >= 0.3 is 0 Å². The zero-order chi connectivity index (χ0) is 25.9. The quantitative estimate of drug-likeness (QED) is 0.368. The SMILES string of the molecule is Cc1c(N(CC(=O)N(C)Cc2ccccc2)S(=O)(=O)c2ccccc2)c(=O)n(-c2ccccc2)n1C. The van der Waals surface area contributed by atoms with Crippen LogP contribution in [-0.4, -0.2) is 42.2 Å². The molecule has 3 aromatic carbocycles. The van der Waals surface area contributed by atoms with Crippen molar-refractivity contribution < 1.29 is 13.2 Å². The van der Waals surface area contributed by atoms with Gasteiger partial charge < -0.3 is 4.90 Å². The number of hydrogen-bond acceptors (Lipinski definition) is 4. The number of carbonyl (C=O) groups is 1. The number of amides is 1. The van der Waals surface area contributed by atoms with E-state index in [4.69, 9.17) is 0 Å². The Morgan fingerprint density at radius 3 is 1.97 bits per heavy atom. The fraction of sp³-hybridized carbons (Fsp3) is 0.185. The van der Waals surface area contributed by atoms with Crippen molar-refractivity contribution in [2.24, 2.45) is 7.05 Å². The molecule has 186 valence electrons. The standard InChI is InChI=1S/C27H28N4O4S/c1-21-26(27(33)31(29(21)3)23-15-9-5-10-16-23)30(36(34,35)24-17-11-6-12-18-24)20-25(32)28(2)19-22-13-7-4-8-14-22/h4-18H,19-20H2,1-3H3. The number of nitrogens with zero attached hydrogens (tertiary/aromatic N) is 4. The van der Waals surface area contributed by atoms with Crippen LogP contribution in [-0.2, 0) is 28.4 Å². The van der Waals surface area contributed by atoms with Crippen molar-refractivity contribution in [1.82, 2.24) is 14.3 Å². The van der Waals surface area contributed by atoms with Gasteiger partial charge in [-0.2, -0.15) is 0 Å². The molecule has 4 rings (SSSR count). The molecule has 4 aromatic rings. The van der Waals surface area contributed by atoms with Crippen molar-refractivity contribution in [3.05, 3.63) is 113 Å². The highest BCUT2D eigenvalue weighted by Crippen LogP contribution is 2.25. The second kappa shape index (κ2) is 10.2. The molecule has 0 radical (unpaired) electrons. The van der Waals surface area contributed by atoms with Crippen molar-refractivity contribution in [3.63, 3.8) is 0 Å². The van der Waals surface area contributed by atoms with E-state index < -0.39 is 28.0 Å². The number of likely N-dealkylation sites (N-methyl/N-ethyl adjacent to an activating group) is 1. The summed E-state index contributed by atoms with van der Waals surface area (Å²) in [6.45, 7) is 1.46. The summed E-state index contributed by atoms with van der Waals surface area (Å²) in [6, 6.07) is 26.2. The Labute approximate surface area is 210 Å². The van der Waals surface area contributed by atoms with Crippen LogP contribution in [0.3, 0.4) is 0 Å². The molecule has 9 heteroatoms. The summed E-state index contributed by atoms with van der Waals surface area (Å²) in [5.41, 5.74) is 1.32. The maximum atomic E-state index is 13.8. The minimum absolute atomic E-state index is 0.00238. The van der Waals surface area contributed by atoms with Gasteiger partial charge in [0.2, 0.25) is 5.91 Å². The molecule has 1 aromatic heterocycles. The van der Waals surface area contributed by atoms with Crippen molar-refractivity contribution >= 4 is 21.6 Å². The first kappa shape index (κ1) is 25.0. The molecule has 0 aliphatic rings. The highest BCUT2D eigenvalue weighted by molar-refractivity contribution is 7.92. The summed E-state index contributed by atoms with van der Waals surface area (Å²) in [6.07, 6.45) is 0. The lowest BCUT2D eigenvalue weighted by molar-refractivity contribution is -0.128. The van der Waals surface area contributed by atoms with Gasteiger partial charge in [-0.15, -0.1) is 0 Å². The minimum atomic E-state index is -4.23. The summed E-state index contributed by atoms with van der Waals surface area (Å²) in [5.74, 6) is -0.438. The van der Waals surface area contributed by atoms with Crippen LogP contribution in [0.5, 0.6) is 0 Å². The van der Waals surface area contributed by atoms with Gasteiger partial charge in [0.25, 0.3) is 15.6 Å². The zero-order valence-corrected chi connectivity index (χ0v) is 21.2. The van der Waals surface area contributed by atoms with E-state index in [0.717, 1.165) is 9.87 Å². The average molecular weight is 505 g/mol. The number of carbonyl (C=O) groups excluding carboxylic acids is 1. The smallest absolute Gasteiger partial charge is 0.296 e. The maximum absolute atomic E-state index is 13.8. The molecule has 1 amide bonds. The van der Waals surface area contributed by atoms with Crippen LogP contribution in [0.2, 0.25) is 0 Å². The summed E-state index contributed by atoms with van der Waals surface area (Å²) in [4.78, 5) is 28.4. The van der Waals surface area contributed by atoms with Crippen molar-refractivity contribution in [2.75, 3.05) is 17.9 Å². The van der Waals surface area contributed by atoms with Crippen molar-refractivity contribution in [2.45, 2.75) is 18.4 Å². The normalized spacial score (nSPS) is 11.3. The fourth-order valence-electron chi connectivity index (χ4n) is 4.03. The van der Waals surface area contributed by atoms with E-state index in [1.165, 1.54) is 21.7 Å². The van der Waals surface area contributed by atoms with Crippen LogP contribution in [0.15, 0.2) is 101 Å². The highest BCUT2D eigenvalue weighted by Gasteiger charge is 2.33. The Balaban J connectivity index is 1.80. The molecule has 36 heavy (non-hydrogen) atoms. The third-order valence-electron chi connectivity index (χ3n) is 6.07. The monoisotopic (exact) mass is 504 g/mol. The van der Waals surface area contributed by atoms with Crippen LogP contribution in [0, 0.1) is 6.92 Å². The molecule has 0 saturated heterocycles. The third kappa shape index (κ3) is 4.83. The van der Waals surface area contributed by atoms with Gasteiger partial charge in [0.15, 0.2) is 0 Å². The Morgan fingerprint density at radius 1 is 0.861 bits per heavy atom. The molecule has 0 spiro atoms. The molecule has 0 saturated carbocycles. The largest absolute Gasteiger partial charge is 0.340 e. The lowest BCUT2D eigenvalue weighted by Crippen LogP contribution is -2.43. The second-order valence-electron chi connectivity index (χ2n) is 8.47. The summed E-state index contributed by atoms with van der Waals surface area (Å²) < 4.78 is 31.5. The first-order valence-electron chi connectivity index (χ1n) is 11.4. The number of hydrogen-bond donors (Lipinski definition) is 0. The molecule has 0 bridgehead atoms. The number of para-hydroxylation sites is 1. The van der Waals surface area contributed by atoms with Gasteiger partial charge in [0, 0.05) is 20.6 Å². The first-order chi connectivity index (χ1) is 17.2. The minimum Gasteiger partial charge on any atom is -0.340 e. The van der Waals surface area contributed by atoms with E-state index in [-0.39, 0.29) is 10.6 Å². The lowest BCUT2D eigenvalue weighted by atomic mass is 10.2. The van der Waals surface area contributed by atoms with Gasteiger partial charge in [-0.3, -0.25) is 14.3 Å². The van der Waals surface area contributed by atoms with E-state index in [1.54, 1.807) is 68.2 Å². The lowest BCUT2D eigenvalue weighted by Gasteiger charge is -2.26. The molecule has 0 fully saturated rings. The fourth-order valence-corrected chi connectivity index (χ4v) is 5.52. The molecule has 0 atom stereocenters. The van der Waals surface area contributed by atoms with Crippen molar-refractivity contribution in [3.8, 4) is 5.69 Å². The van der Waals surface area contributed by atoms with Crippen molar-refractivity contribution in [1.29, 1.82) is 0 Å². The number of sulfonamides is 1. The Hall–Kier alpha value is -4.11. The molecule has 0 aliphatic heterocycles. The van der Waals surface area contributed by atoms with E-state index in [2.05, 4.69) is 0 Å². The zero-order valence-electron chi connectivity index (χ0n) is 20.4. The number of benzene rings is 3. The predicted molar refractivity (Wildman–Crippen MR) is 140 cm³/mol. The van der Waals surface area contributed by atoms with Crippen LogP contribution < -0.4 is 9.86 Å². The van der Waals surface area contributed by atoms with Gasteiger partial charge in [-0.05, 0) is 36.8 Å². The number of anilines is 1. The molecule has 0 aliphatic carbocycles. The average Bonchev–Trinajstić information content (AvgIpc) is 3.11. The van der Waals surface area contributed by atoms with E-state index in [1.807, 2.05) is 36.4 Å². The molecule has 1 heterocycles. The summed E-state index contributed by atoms with van der Waals surface area (Å²) in [5, 5.41) is 0. The first-order valence-corrected chi connectivity index (χ1v) is 12.9. The Bertz CT molecular complexity index is 1510. The van der Waals surface area contributed by atoms with E-state index in [0.29, 0.717) is 17.9 Å². The van der Waals surface area contributed by atoms with E-state index in [9.17, 15) is 18.0 Å². The number of aromatic nitrogens is 2. The predicted octanol–water partition coefficient (Wildman–Crippen LogP) is 3.34. The maximum Gasteiger partial charge on any atom is 0.296 e. The Kier molecular flexibility index (Phi) is 7.12. The van der Waals surface area contributed by atoms with Gasteiger partial charge in [0.05, 0.1) is 16.3 Å². The van der Waals surface area contributed by atoms with Gasteiger partial charge in [-0.1, -0.05) is 66.7 Å². The number of rotatable bonds is 8. The summed E-state index contributed by atoms with van der Waals surface area (Å²) in [7, 11) is -0.929. The topological polar surface area (TPSA) is 84.6 Å². The second-order valence-corrected chi connectivity index (χ2v) is 10.3.